The Morgan fingerprint density at radius 3 is 2.50 bits per heavy atom. The normalized spacial score (nSPS) is 22.9. The van der Waals surface area contributed by atoms with Crippen LogP contribution in [0.3, 0.4) is 0 Å². The molecule has 1 aromatic carbocycles. The first-order valence-electron chi connectivity index (χ1n) is 7.45. The number of hydrogen-bond donors (Lipinski definition) is 0. The minimum Gasteiger partial charge on any atom is -0.444 e. The van der Waals surface area contributed by atoms with E-state index in [1.54, 1.807) is 0 Å². The molecule has 1 atom stereocenters. The van der Waals surface area contributed by atoms with Crippen molar-refractivity contribution < 1.29 is 9.53 Å². The van der Waals surface area contributed by atoms with Gasteiger partial charge in [0, 0.05) is 6.54 Å². The van der Waals surface area contributed by atoms with Crippen molar-refractivity contribution in [1.29, 1.82) is 0 Å². The van der Waals surface area contributed by atoms with Crippen LogP contribution in [0.4, 0.5) is 4.79 Å². The third-order valence-electron chi connectivity index (χ3n) is 4.00. The van der Waals surface area contributed by atoms with Gasteiger partial charge in [0.25, 0.3) is 0 Å². The molecule has 2 rings (SSSR count). The molecule has 0 spiro atoms. The Balaban J connectivity index is 2.30. The van der Waals surface area contributed by atoms with Crippen LogP contribution in [0.5, 0.6) is 0 Å². The van der Waals surface area contributed by atoms with Crippen molar-refractivity contribution in [2.75, 3.05) is 6.54 Å². The van der Waals surface area contributed by atoms with E-state index in [0.29, 0.717) is 0 Å². The minimum atomic E-state index is -0.449. The van der Waals surface area contributed by atoms with Crippen LogP contribution in [-0.2, 0) is 10.3 Å². The first-order chi connectivity index (χ1) is 9.39. The van der Waals surface area contributed by atoms with Crippen LogP contribution >= 0.6 is 0 Å². The molecule has 0 saturated carbocycles. The lowest BCUT2D eigenvalue weighted by molar-refractivity contribution is 0.00599. The summed E-state index contributed by atoms with van der Waals surface area (Å²) in [5.74, 6) is 0. The van der Waals surface area contributed by atoms with Crippen molar-refractivity contribution in [3.8, 4) is 0 Å². The Kier molecular flexibility index (Phi) is 4.07. The lowest BCUT2D eigenvalue weighted by Crippen LogP contribution is -2.46. The van der Waals surface area contributed by atoms with Crippen LogP contribution in [0.2, 0.25) is 0 Å². The van der Waals surface area contributed by atoms with Gasteiger partial charge < -0.3 is 4.74 Å². The monoisotopic (exact) mass is 275 g/mol. The second kappa shape index (κ2) is 5.47. The number of benzene rings is 1. The third kappa shape index (κ3) is 2.82. The lowest BCUT2D eigenvalue weighted by atomic mass is 9.85. The van der Waals surface area contributed by atoms with E-state index in [9.17, 15) is 4.79 Å². The summed E-state index contributed by atoms with van der Waals surface area (Å²) in [7, 11) is 0. The zero-order valence-corrected chi connectivity index (χ0v) is 13.0. The summed E-state index contributed by atoms with van der Waals surface area (Å²) in [6.45, 7) is 8.67. The number of amides is 1. The second-order valence-electron chi connectivity index (χ2n) is 6.49. The molecule has 1 amide bonds. The highest BCUT2D eigenvalue weighted by atomic mass is 16.6. The van der Waals surface area contributed by atoms with Crippen molar-refractivity contribution in [2.45, 2.75) is 58.1 Å². The summed E-state index contributed by atoms with van der Waals surface area (Å²) in [6, 6.07) is 10.3. The average molecular weight is 275 g/mol. The van der Waals surface area contributed by atoms with Gasteiger partial charge in [-0.05, 0) is 45.6 Å². The van der Waals surface area contributed by atoms with Gasteiger partial charge in [0.1, 0.15) is 5.60 Å². The molecule has 110 valence electrons. The number of ether oxygens (including phenoxy) is 1. The Morgan fingerprint density at radius 1 is 1.30 bits per heavy atom. The maximum Gasteiger partial charge on any atom is 0.411 e. The van der Waals surface area contributed by atoms with E-state index in [0.717, 1.165) is 25.8 Å². The van der Waals surface area contributed by atoms with E-state index in [1.807, 2.05) is 43.9 Å². The standard InChI is InChI=1S/C17H25NO2/c1-5-17(14-10-7-6-8-11-14)12-9-13-18(17)15(19)20-16(2,3)4/h6-8,10-11H,5,9,12-13H2,1-4H3. The van der Waals surface area contributed by atoms with Crippen LogP contribution in [-0.4, -0.2) is 23.1 Å². The number of carbonyl (C=O) groups is 1. The summed E-state index contributed by atoms with van der Waals surface area (Å²) in [4.78, 5) is 14.4. The largest absolute Gasteiger partial charge is 0.444 e. The van der Waals surface area contributed by atoms with Gasteiger partial charge in [-0.15, -0.1) is 0 Å². The molecule has 0 radical (unpaired) electrons. The molecule has 1 fully saturated rings. The number of carbonyl (C=O) groups excluding carboxylic acids is 1. The molecule has 20 heavy (non-hydrogen) atoms. The maximum atomic E-state index is 12.5. The van der Waals surface area contributed by atoms with E-state index in [-0.39, 0.29) is 11.6 Å². The van der Waals surface area contributed by atoms with Crippen LogP contribution in [0.25, 0.3) is 0 Å². The molecule has 1 aromatic rings. The molecule has 0 aromatic heterocycles. The fourth-order valence-corrected chi connectivity index (χ4v) is 3.08. The van der Waals surface area contributed by atoms with E-state index < -0.39 is 5.60 Å². The molecular formula is C17H25NO2. The molecule has 1 unspecified atom stereocenters. The van der Waals surface area contributed by atoms with Crippen molar-refractivity contribution in [2.24, 2.45) is 0 Å². The Morgan fingerprint density at radius 2 is 1.95 bits per heavy atom. The quantitative estimate of drug-likeness (QED) is 0.804. The van der Waals surface area contributed by atoms with Gasteiger partial charge in [-0.1, -0.05) is 37.3 Å². The minimum absolute atomic E-state index is 0.194. The van der Waals surface area contributed by atoms with Gasteiger partial charge in [-0.2, -0.15) is 0 Å². The zero-order chi connectivity index (χ0) is 14.8. The molecule has 1 saturated heterocycles. The van der Waals surface area contributed by atoms with Gasteiger partial charge in [0.15, 0.2) is 0 Å². The molecule has 1 heterocycles. The highest BCUT2D eigenvalue weighted by Crippen LogP contribution is 2.42. The fourth-order valence-electron chi connectivity index (χ4n) is 3.08. The second-order valence-corrected chi connectivity index (χ2v) is 6.49. The number of rotatable bonds is 2. The highest BCUT2D eigenvalue weighted by molar-refractivity contribution is 5.70. The summed E-state index contributed by atoms with van der Waals surface area (Å²) in [5.41, 5.74) is 0.560. The summed E-state index contributed by atoms with van der Waals surface area (Å²) >= 11 is 0. The first kappa shape index (κ1) is 14.9. The SMILES string of the molecule is CCC1(c2ccccc2)CCCN1C(=O)OC(C)(C)C. The summed E-state index contributed by atoms with van der Waals surface area (Å²) < 4.78 is 5.59. The van der Waals surface area contributed by atoms with Crippen LogP contribution in [0.1, 0.15) is 52.5 Å². The van der Waals surface area contributed by atoms with Crippen LogP contribution < -0.4 is 0 Å². The Bertz CT molecular complexity index is 464. The van der Waals surface area contributed by atoms with E-state index in [4.69, 9.17) is 4.74 Å². The summed E-state index contributed by atoms with van der Waals surface area (Å²) in [6.07, 6.45) is 2.76. The molecule has 1 aliphatic heterocycles. The average Bonchev–Trinajstić information content (AvgIpc) is 2.83. The molecule has 3 nitrogen and oxygen atoms in total. The number of likely N-dealkylation sites (tertiary alicyclic amines) is 1. The van der Waals surface area contributed by atoms with Crippen LogP contribution in [0, 0.1) is 0 Å². The van der Waals surface area contributed by atoms with Crippen molar-refractivity contribution >= 4 is 6.09 Å². The third-order valence-corrected chi connectivity index (χ3v) is 4.00. The highest BCUT2D eigenvalue weighted by Gasteiger charge is 2.45. The molecule has 0 bridgehead atoms. The lowest BCUT2D eigenvalue weighted by Gasteiger charge is -2.39. The molecule has 0 aliphatic carbocycles. The van der Waals surface area contributed by atoms with Crippen LogP contribution in [0.15, 0.2) is 30.3 Å². The Hall–Kier alpha value is -1.51. The van der Waals surface area contributed by atoms with Crippen molar-refractivity contribution in [1.82, 2.24) is 4.90 Å². The maximum absolute atomic E-state index is 12.5. The van der Waals surface area contributed by atoms with Gasteiger partial charge in [0.2, 0.25) is 0 Å². The zero-order valence-electron chi connectivity index (χ0n) is 13.0. The molecule has 1 aliphatic rings. The van der Waals surface area contributed by atoms with Crippen molar-refractivity contribution in [3.63, 3.8) is 0 Å². The predicted molar refractivity (Wildman–Crippen MR) is 80.6 cm³/mol. The molecule has 0 N–H and O–H groups in total. The van der Waals surface area contributed by atoms with Gasteiger partial charge in [-0.25, -0.2) is 4.79 Å². The first-order valence-corrected chi connectivity index (χ1v) is 7.45. The van der Waals surface area contributed by atoms with E-state index in [1.165, 1.54) is 5.56 Å². The predicted octanol–water partition coefficient (Wildman–Crippen LogP) is 4.32. The number of hydrogen-bond acceptors (Lipinski definition) is 2. The van der Waals surface area contributed by atoms with Crippen molar-refractivity contribution in [3.05, 3.63) is 35.9 Å². The fraction of sp³-hybridized carbons (Fsp3) is 0.588. The van der Waals surface area contributed by atoms with E-state index in [2.05, 4.69) is 19.1 Å². The van der Waals surface area contributed by atoms with E-state index >= 15 is 0 Å². The van der Waals surface area contributed by atoms with Gasteiger partial charge >= 0.3 is 6.09 Å². The smallest absolute Gasteiger partial charge is 0.411 e. The topological polar surface area (TPSA) is 29.5 Å². The van der Waals surface area contributed by atoms with Gasteiger partial charge in [0.05, 0.1) is 5.54 Å². The van der Waals surface area contributed by atoms with Gasteiger partial charge in [-0.3, -0.25) is 4.90 Å². The number of nitrogens with zero attached hydrogens (tertiary/aromatic N) is 1. The molecule has 3 heteroatoms. The summed E-state index contributed by atoms with van der Waals surface area (Å²) in [5, 5.41) is 0. The Labute approximate surface area is 121 Å². The molecular weight excluding hydrogens is 250 g/mol.